The average Bonchev–Trinajstić information content (AvgIpc) is 2.95. The number of amides is 1. The molecule has 5 rings (SSSR count). The fraction of sp³-hybridized carbons (Fsp3) is 0.133. The van der Waals surface area contributed by atoms with Crippen molar-refractivity contribution in [2.45, 2.75) is 29.2 Å². The number of hydrogen-bond donors (Lipinski definition) is 1. The summed E-state index contributed by atoms with van der Waals surface area (Å²) in [5.74, 6) is -1.24. The first-order valence-corrected chi connectivity index (χ1v) is 13.2. The lowest BCUT2D eigenvalue weighted by Gasteiger charge is -2.32. The molecule has 9 heteroatoms. The molecule has 0 radical (unpaired) electrons. The molecule has 196 valence electrons. The summed E-state index contributed by atoms with van der Waals surface area (Å²) in [7, 11) is 0. The molecule has 0 bridgehead atoms. The Labute approximate surface area is 229 Å². The van der Waals surface area contributed by atoms with E-state index in [9.17, 15) is 19.7 Å². The number of hydrogen-bond acceptors (Lipinski definition) is 7. The summed E-state index contributed by atoms with van der Waals surface area (Å²) in [5.41, 5.74) is 2.94. The van der Waals surface area contributed by atoms with Crippen molar-refractivity contribution >= 4 is 46.4 Å². The maximum atomic E-state index is 13.3. The van der Waals surface area contributed by atoms with Crippen LogP contribution in [0.3, 0.4) is 0 Å². The van der Waals surface area contributed by atoms with E-state index in [2.05, 4.69) is 10.2 Å². The van der Waals surface area contributed by atoms with Crippen LogP contribution in [0.2, 0.25) is 0 Å². The van der Waals surface area contributed by atoms with E-state index < -0.39 is 22.9 Å². The summed E-state index contributed by atoms with van der Waals surface area (Å²) in [6, 6.07) is 29.1. The van der Waals surface area contributed by atoms with Crippen molar-refractivity contribution in [1.82, 2.24) is 0 Å². The standard InChI is InChI=1S/C30H25N3O5S/c1-20-15-16-22(25(19-20)33(36)37)31-30(35)29(21-9-3-2-4-10-21)38-28(34)17-18-32-23-11-5-7-13-26(23)39-27-14-8-6-12-24(27)32/h2-16,19,29H,17-18H2,1H3,(H,31,35). The Kier molecular flexibility index (Phi) is 7.60. The first-order chi connectivity index (χ1) is 18.9. The van der Waals surface area contributed by atoms with Gasteiger partial charge in [0.05, 0.1) is 22.7 Å². The number of aryl methyl sites for hydroxylation is 1. The van der Waals surface area contributed by atoms with E-state index in [0.29, 0.717) is 17.7 Å². The van der Waals surface area contributed by atoms with Crippen molar-refractivity contribution in [3.8, 4) is 0 Å². The summed E-state index contributed by atoms with van der Waals surface area (Å²) < 4.78 is 5.71. The number of rotatable bonds is 8. The second-order valence-electron chi connectivity index (χ2n) is 8.99. The van der Waals surface area contributed by atoms with Crippen molar-refractivity contribution < 1.29 is 19.2 Å². The number of nitrogens with zero attached hydrogens (tertiary/aromatic N) is 2. The molecular weight excluding hydrogens is 514 g/mol. The number of carbonyl (C=O) groups is 2. The molecule has 0 aromatic heterocycles. The molecule has 8 nitrogen and oxygen atoms in total. The van der Waals surface area contributed by atoms with E-state index in [1.807, 2.05) is 48.5 Å². The molecular formula is C30H25N3O5S. The number of fused-ring (bicyclic) bond motifs is 2. The average molecular weight is 540 g/mol. The van der Waals surface area contributed by atoms with E-state index in [-0.39, 0.29) is 17.8 Å². The van der Waals surface area contributed by atoms with Gasteiger partial charge in [0, 0.05) is 28.0 Å². The van der Waals surface area contributed by atoms with Gasteiger partial charge in [0.25, 0.3) is 11.6 Å². The van der Waals surface area contributed by atoms with Gasteiger partial charge in [0.1, 0.15) is 5.69 Å². The largest absolute Gasteiger partial charge is 0.447 e. The second kappa shape index (κ2) is 11.4. The van der Waals surface area contributed by atoms with Gasteiger partial charge in [-0.3, -0.25) is 19.7 Å². The van der Waals surface area contributed by atoms with E-state index in [4.69, 9.17) is 4.74 Å². The van der Waals surface area contributed by atoms with Crippen molar-refractivity contribution in [3.05, 3.63) is 118 Å². The number of nitro benzene ring substituents is 1. The number of nitrogens with one attached hydrogen (secondary N) is 1. The number of benzene rings is 4. The number of nitro groups is 1. The lowest BCUT2D eigenvalue weighted by Crippen LogP contribution is -2.28. The zero-order valence-electron chi connectivity index (χ0n) is 21.1. The van der Waals surface area contributed by atoms with Gasteiger partial charge in [0.15, 0.2) is 0 Å². The molecule has 4 aromatic carbocycles. The molecule has 1 N–H and O–H groups in total. The number of para-hydroxylation sites is 2. The van der Waals surface area contributed by atoms with Gasteiger partial charge in [-0.25, -0.2) is 0 Å². The van der Waals surface area contributed by atoms with Crippen LogP contribution in [0.4, 0.5) is 22.7 Å². The summed E-state index contributed by atoms with van der Waals surface area (Å²) in [6.45, 7) is 2.07. The summed E-state index contributed by atoms with van der Waals surface area (Å²) in [5, 5.41) is 14.1. The van der Waals surface area contributed by atoms with Crippen LogP contribution >= 0.6 is 11.8 Å². The third-order valence-electron chi connectivity index (χ3n) is 6.27. The number of esters is 1. The number of anilines is 3. The highest BCUT2D eigenvalue weighted by atomic mass is 32.2. The van der Waals surface area contributed by atoms with Crippen molar-refractivity contribution in [3.63, 3.8) is 0 Å². The Hall–Kier alpha value is -4.63. The molecule has 0 spiro atoms. The van der Waals surface area contributed by atoms with Crippen LogP contribution in [0.1, 0.15) is 23.7 Å². The zero-order valence-corrected chi connectivity index (χ0v) is 21.9. The van der Waals surface area contributed by atoms with Crippen LogP contribution in [-0.4, -0.2) is 23.3 Å². The maximum Gasteiger partial charge on any atom is 0.308 e. The van der Waals surface area contributed by atoms with Crippen LogP contribution in [0.5, 0.6) is 0 Å². The Balaban J connectivity index is 1.35. The smallest absolute Gasteiger partial charge is 0.308 e. The summed E-state index contributed by atoms with van der Waals surface area (Å²) >= 11 is 1.68. The van der Waals surface area contributed by atoms with Crippen LogP contribution in [0.15, 0.2) is 107 Å². The van der Waals surface area contributed by atoms with Gasteiger partial charge in [-0.2, -0.15) is 0 Å². The first-order valence-electron chi connectivity index (χ1n) is 12.3. The van der Waals surface area contributed by atoms with Crippen LogP contribution in [0, 0.1) is 17.0 Å². The predicted octanol–water partition coefficient (Wildman–Crippen LogP) is 6.82. The van der Waals surface area contributed by atoms with Crippen molar-refractivity contribution in [2.75, 3.05) is 16.8 Å². The van der Waals surface area contributed by atoms with E-state index in [1.54, 1.807) is 55.1 Å². The fourth-order valence-electron chi connectivity index (χ4n) is 4.41. The summed E-state index contributed by atoms with van der Waals surface area (Å²) in [6.07, 6.45) is -1.26. The fourth-order valence-corrected chi connectivity index (χ4v) is 5.51. The second-order valence-corrected chi connectivity index (χ2v) is 10.1. The Morgan fingerprint density at radius 3 is 2.18 bits per heavy atom. The lowest BCUT2D eigenvalue weighted by molar-refractivity contribution is -0.384. The highest BCUT2D eigenvalue weighted by Crippen LogP contribution is 2.47. The minimum Gasteiger partial charge on any atom is -0.447 e. The molecule has 1 heterocycles. The van der Waals surface area contributed by atoms with Crippen molar-refractivity contribution in [2.24, 2.45) is 0 Å². The first kappa shape index (κ1) is 26.0. The van der Waals surface area contributed by atoms with Gasteiger partial charge < -0.3 is 15.0 Å². The van der Waals surface area contributed by atoms with Crippen molar-refractivity contribution in [1.29, 1.82) is 0 Å². The minimum atomic E-state index is -1.28. The van der Waals surface area contributed by atoms with Gasteiger partial charge in [0.2, 0.25) is 6.10 Å². The monoisotopic (exact) mass is 539 g/mol. The normalized spacial score (nSPS) is 12.6. The number of carbonyl (C=O) groups excluding carboxylic acids is 2. The van der Waals surface area contributed by atoms with Crippen LogP contribution in [0.25, 0.3) is 0 Å². The maximum absolute atomic E-state index is 13.3. The molecule has 1 atom stereocenters. The van der Waals surface area contributed by atoms with E-state index in [0.717, 1.165) is 21.2 Å². The third kappa shape index (κ3) is 5.78. The quantitative estimate of drug-likeness (QED) is 0.149. The van der Waals surface area contributed by atoms with Crippen LogP contribution in [-0.2, 0) is 14.3 Å². The topological polar surface area (TPSA) is 102 Å². The molecule has 0 saturated heterocycles. The summed E-state index contributed by atoms with van der Waals surface area (Å²) in [4.78, 5) is 41.7. The Morgan fingerprint density at radius 2 is 1.54 bits per heavy atom. The van der Waals surface area contributed by atoms with Crippen LogP contribution < -0.4 is 10.2 Å². The molecule has 0 aliphatic carbocycles. The SMILES string of the molecule is Cc1ccc(NC(=O)C(OC(=O)CCN2c3ccccc3Sc3ccccc32)c2ccccc2)c([N+](=O)[O-])c1. The Bertz CT molecular complexity index is 1500. The number of ether oxygens (including phenoxy) is 1. The Morgan fingerprint density at radius 1 is 0.923 bits per heavy atom. The predicted molar refractivity (Wildman–Crippen MR) is 150 cm³/mol. The molecule has 1 aliphatic rings. The molecule has 0 fully saturated rings. The molecule has 1 amide bonds. The molecule has 4 aromatic rings. The third-order valence-corrected chi connectivity index (χ3v) is 7.40. The van der Waals surface area contributed by atoms with E-state index >= 15 is 0 Å². The van der Waals surface area contributed by atoms with Gasteiger partial charge in [-0.15, -0.1) is 0 Å². The highest BCUT2D eigenvalue weighted by molar-refractivity contribution is 7.99. The minimum absolute atomic E-state index is 0.0224. The van der Waals surface area contributed by atoms with Gasteiger partial charge in [-0.1, -0.05) is 72.4 Å². The van der Waals surface area contributed by atoms with Gasteiger partial charge >= 0.3 is 5.97 Å². The van der Waals surface area contributed by atoms with E-state index in [1.165, 1.54) is 12.1 Å². The lowest BCUT2D eigenvalue weighted by atomic mass is 10.1. The molecule has 1 aliphatic heterocycles. The highest BCUT2D eigenvalue weighted by Gasteiger charge is 2.29. The molecule has 39 heavy (non-hydrogen) atoms. The molecule has 0 saturated carbocycles. The molecule has 1 unspecified atom stereocenters. The van der Waals surface area contributed by atoms with Gasteiger partial charge in [-0.05, 0) is 42.8 Å². The zero-order chi connectivity index (χ0) is 27.4.